The van der Waals surface area contributed by atoms with Gasteiger partial charge in [0.1, 0.15) is 11.6 Å². The van der Waals surface area contributed by atoms with Crippen LogP contribution in [0, 0.1) is 0 Å². The van der Waals surface area contributed by atoms with Crippen molar-refractivity contribution in [3.05, 3.63) is 35.5 Å². The number of aliphatic hydroxyl groups excluding tert-OH is 2. The number of anilines is 5. The fourth-order valence-electron chi connectivity index (χ4n) is 3.83. The van der Waals surface area contributed by atoms with E-state index >= 15 is 0 Å². The van der Waals surface area contributed by atoms with E-state index in [1.165, 1.54) is 12.6 Å². The van der Waals surface area contributed by atoms with Gasteiger partial charge >= 0.3 is 0 Å². The van der Waals surface area contributed by atoms with Crippen LogP contribution < -0.4 is 31.9 Å². The second-order valence-corrected chi connectivity index (χ2v) is 7.82. The normalized spacial score (nSPS) is 16.7. The lowest BCUT2D eigenvalue weighted by molar-refractivity contribution is 0.112. The van der Waals surface area contributed by atoms with Gasteiger partial charge in [0.05, 0.1) is 42.0 Å². The molecule has 5 rings (SSSR count). The van der Waals surface area contributed by atoms with E-state index in [4.69, 9.17) is 5.11 Å². The number of carbonyl (C=O) groups is 1. The Labute approximate surface area is 190 Å². The number of nitrogens with one attached hydrogen (secondary N) is 5. The highest BCUT2D eigenvalue weighted by atomic mass is 16.3. The molecule has 0 amide bonds. The smallest absolute Gasteiger partial charge is 0.170 e. The zero-order valence-corrected chi connectivity index (χ0v) is 18.6. The molecule has 0 saturated carbocycles. The minimum atomic E-state index is -0.0814. The lowest BCUT2D eigenvalue weighted by Gasteiger charge is -2.14. The molecule has 12 heteroatoms. The third kappa shape index (κ3) is 4.68. The van der Waals surface area contributed by atoms with Crippen LogP contribution in [0.5, 0.6) is 0 Å². The summed E-state index contributed by atoms with van der Waals surface area (Å²) in [4.78, 5) is 15.7. The SMILES string of the molecule is CNc1cc(Nc2cc(CO)cc3c2NNN3C)nc2c(C=O)cnn12.OCC1CCCN1. The van der Waals surface area contributed by atoms with Crippen LogP contribution >= 0.6 is 0 Å². The molecule has 7 N–H and O–H groups in total. The van der Waals surface area contributed by atoms with E-state index < -0.39 is 0 Å². The summed E-state index contributed by atoms with van der Waals surface area (Å²) >= 11 is 0. The molecule has 2 aliphatic rings. The number of rotatable bonds is 6. The fourth-order valence-corrected chi connectivity index (χ4v) is 3.83. The lowest BCUT2D eigenvalue weighted by atomic mass is 10.1. The monoisotopic (exact) mass is 455 g/mol. The maximum atomic E-state index is 11.2. The number of aromatic nitrogens is 3. The third-order valence-electron chi connectivity index (χ3n) is 5.60. The summed E-state index contributed by atoms with van der Waals surface area (Å²) in [6.07, 6.45) is 4.58. The van der Waals surface area contributed by atoms with Crippen LogP contribution in [0.15, 0.2) is 24.4 Å². The van der Waals surface area contributed by atoms with Crippen LogP contribution in [0.2, 0.25) is 0 Å². The first kappa shape index (κ1) is 22.7. The first-order valence-electron chi connectivity index (χ1n) is 10.7. The van der Waals surface area contributed by atoms with E-state index in [0.717, 1.165) is 41.9 Å². The van der Waals surface area contributed by atoms with Crippen molar-refractivity contribution in [3.8, 4) is 0 Å². The number of benzene rings is 1. The molecule has 1 atom stereocenters. The van der Waals surface area contributed by atoms with Crippen molar-refractivity contribution in [1.29, 1.82) is 0 Å². The summed E-state index contributed by atoms with van der Waals surface area (Å²) in [5.41, 5.74) is 10.2. The molecule has 1 fully saturated rings. The van der Waals surface area contributed by atoms with Gasteiger partial charge in [-0.1, -0.05) is 0 Å². The summed E-state index contributed by atoms with van der Waals surface area (Å²) in [5.74, 6) is 1.22. The molecule has 1 aromatic carbocycles. The molecule has 12 nitrogen and oxygen atoms in total. The Bertz CT molecular complexity index is 1130. The Balaban J connectivity index is 0.000000318. The number of aliphatic hydroxyl groups is 2. The summed E-state index contributed by atoms with van der Waals surface area (Å²) < 4.78 is 1.57. The second-order valence-electron chi connectivity index (χ2n) is 7.82. The van der Waals surface area contributed by atoms with E-state index in [2.05, 4.69) is 37.0 Å². The topological polar surface area (TPSA) is 151 Å². The van der Waals surface area contributed by atoms with Gasteiger partial charge in [-0.2, -0.15) is 9.61 Å². The van der Waals surface area contributed by atoms with Gasteiger partial charge in [0.15, 0.2) is 11.9 Å². The molecular weight excluding hydrogens is 426 g/mol. The van der Waals surface area contributed by atoms with Gasteiger partial charge in [0.2, 0.25) is 0 Å². The first-order chi connectivity index (χ1) is 16.1. The molecule has 1 unspecified atom stereocenters. The van der Waals surface area contributed by atoms with Crippen molar-refractivity contribution in [1.82, 2.24) is 25.4 Å². The van der Waals surface area contributed by atoms with Crippen molar-refractivity contribution >= 4 is 40.6 Å². The highest BCUT2D eigenvalue weighted by Gasteiger charge is 2.21. The van der Waals surface area contributed by atoms with Gasteiger partial charge in [-0.25, -0.2) is 4.98 Å². The summed E-state index contributed by atoms with van der Waals surface area (Å²) in [5, 5.41) is 33.5. The highest BCUT2D eigenvalue weighted by molar-refractivity contribution is 5.89. The number of aldehydes is 1. The van der Waals surface area contributed by atoms with Crippen LogP contribution in [0.4, 0.5) is 28.7 Å². The van der Waals surface area contributed by atoms with Crippen molar-refractivity contribution in [2.45, 2.75) is 25.5 Å². The van der Waals surface area contributed by atoms with Gasteiger partial charge in [0.25, 0.3) is 0 Å². The first-order valence-corrected chi connectivity index (χ1v) is 10.7. The van der Waals surface area contributed by atoms with E-state index in [1.807, 2.05) is 24.2 Å². The molecule has 2 aliphatic heterocycles. The van der Waals surface area contributed by atoms with E-state index in [0.29, 0.717) is 35.5 Å². The Morgan fingerprint density at radius 2 is 2.15 bits per heavy atom. The van der Waals surface area contributed by atoms with Crippen molar-refractivity contribution < 1.29 is 15.0 Å². The predicted molar refractivity (Wildman–Crippen MR) is 127 cm³/mol. The Kier molecular flexibility index (Phi) is 6.89. The minimum absolute atomic E-state index is 0.0814. The van der Waals surface area contributed by atoms with Crippen LogP contribution in [-0.4, -0.2) is 64.4 Å². The number of hydrogen-bond acceptors (Lipinski definition) is 11. The Hall–Kier alpha value is -3.45. The summed E-state index contributed by atoms with van der Waals surface area (Å²) in [6, 6.07) is 5.93. The van der Waals surface area contributed by atoms with Gasteiger partial charge in [-0.15, -0.1) is 5.53 Å². The fraction of sp³-hybridized carbons (Fsp3) is 0.381. The average Bonchev–Trinajstić information content (AvgIpc) is 3.59. The number of fused-ring (bicyclic) bond motifs is 2. The lowest BCUT2D eigenvalue weighted by Crippen LogP contribution is -2.31. The van der Waals surface area contributed by atoms with Crippen LogP contribution in [0.1, 0.15) is 28.8 Å². The zero-order chi connectivity index (χ0) is 23.4. The molecule has 3 aromatic rings. The molecule has 0 bridgehead atoms. The summed E-state index contributed by atoms with van der Waals surface area (Å²) in [7, 11) is 3.64. The van der Waals surface area contributed by atoms with Gasteiger partial charge in [0, 0.05) is 26.2 Å². The van der Waals surface area contributed by atoms with E-state index in [1.54, 1.807) is 17.6 Å². The predicted octanol–water partition coefficient (Wildman–Crippen LogP) is 0.831. The average molecular weight is 456 g/mol. The standard InChI is InChI=1S/C16H18N8O2.C5H11NO/c1-17-14-5-13(20-16-10(8-26)6-18-24(14)16)19-11-3-9(7-25)4-12-15(11)21-22-23(12)2;7-4-5-2-1-3-6-5/h3-6,8,17,21-22,25H,7H2,1-2H3,(H,19,20);5-7H,1-4H2. The van der Waals surface area contributed by atoms with Crippen LogP contribution in [0.25, 0.3) is 5.65 Å². The second kappa shape index (κ2) is 10.0. The molecule has 33 heavy (non-hydrogen) atoms. The molecule has 0 aliphatic carbocycles. The third-order valence-corrected chi connectivity index (χ3v) is 5.60. The molecule has 176 valence electrons. The number of hydrogen-bond donors (Lipinski definition) is 7. The Morgan fingerprint density at radius 1 is 1.30 bits per heavy atom. The molecule has 2 aromatic heterocycles. The number of nitrogens with zero attached hydrogens (tertiary/aromatic N) is 4. The summed E-state index contributed by atoms with van der Waals surface area (Å²) in [6.45, 7) is 1.31. The maximum absolute atomic E-state index is 11.2. The minimum Gasteiger partial charge on any atom is -0.395 e. The molecule has 0 spiro atoms. The quantitative estimate of drug-likeness (QED) is 0.265. The zero-order valence-electron chi connectivity index (χ0n) is 18.6. The number of hydrazine groups is 2. The van der Waals surface area contributed by atoms with Crippen molar-refractivity contribution in [3.63, 3.8) is 0 Å². The van der Waals surface area contributed by atoms with Crippen LogP contribution in [0.3, 0.4) is 0 Å². The molecule has 1 saturated heterocycles. The van der Waals surface area contributed by atoms with Crippen LogP contribution in [-0.2, 0) is 6.61 Å². The van der Waals surface area contributed by atoms with E-state index in [9.17, 15) is 9.90 Å². The van der Waals surface area contributed by atoms with Crippen molar-refractivity contribution in [2.75, 3.05) is 48.3 Å². The Morgan fingerprint density at radius 3 is 2.79 bits per heavy atom. The van der Waals surface area contributed by atoms with Gasteiger partial charge in [-0.05, 0) is 37.1 Å². The molecule has 0 radical (unpaired) electrons. The largest absolute Gasteiger partial charge is 0.395 e. The highest BCUT2D eigenvalue weighted by Crippen LogP contribution is 2.38. The van der Waals surface area contributed by atoms with Gasteiger partial charge < -0.3 is 26.2 Å². The molecule has 4 heterocycles. The maximum Gasteiger partial charge on any atom is 0.170 e. The van der Waals surface area contributed by atoms with Gasteiger partial charge in [-0.3, -0.25) is 15.2 Å². The molecular formula is C21H29N9O3. The van der Waals surface area contributed by atoms with E-state index in [-0.39, 0.29) is 6.61 Å². The van der Waals surface area contributed by atoms with Crippen molar-refractivity contribution in [2.24, 2.45) is 0 Å². The number of carbonyl (C=O) groups excluding carboxylic acids is 1.